The molecular weight excluding hydrogens is 253 g/mol. The number of hydrogen-bond donors (Lipinski definition) is 2. The molecule has 0 atom stereocenters. The molecule has 0 unspecified atom stereocenters. The van der Waals surface area contributed by atoms with Gasteiger partial charge in [0.25, 0.3) is 0 Å². The van der Waals surface area contributed by atoms with E-state index in [2.05, 4.69) is 10.6 Å². The average molecular weight is 267 g/mol. The Morgan fingerprint density at radius 1 is 1.47 bits per heavy atom. The van der Waals surface area contributed by atoms with Gasteiger partial charge in [0.1, 0.15) is 0 Å². The van der Waals surface area contributed by atoms with E-state index in [0.29, 0.717) is 12.6 Å². The Labute approximate surface area is 109 Å². The van der Waals surface area contributed by atoms with Gasteiger partial charge in [-0.2, -0.15) is 4.39 Å². The van der Waals surface area contributed by atoms with Crippen molar-refractivity contribution in [3.63, 3.8) is 0 Å². The zero-order chi connectivity index (χ0) is 13.8. The number of nitro groups is 1. The summed E-state index contributed by atoms with van der Waals surface area (Å²) in [4.78, 5) is 21.3. The Balaban J connectivity index is 1.88. The molecule has 1 aromatic carbocycles. The Hall–Kier alpha value is -2.02. The zero-order valence-electron chi connectivity index (χ0n) is 10.2. The first kappa shape index (κ1) is 13.4. The number of anilines is 1. The minimum Gasteiger partial charge on any atom is -0.326 e. The number of carbonyl (C=O) groups excluding carboxylic acids is 1. The van der Waals surface area contributed by atoms with E-state index >= 15 is 0 Å². The number of nitro benzene ring substituents is 1. The number of rotatable bonds is 6. The highest BCUT2D eigenvalue weighted by Crippen LogP contribution is 2.21. The Morgan fingerprint density at radius 3 is 2.84 bits per heavy atom. The van der Waals surface area contributed by atoms with Gasteiger partial charge in [-0.15, -0.1) is 0 Å². The molecule has 0 aliphatic heterocycles. The second-order valence-electron chi connectivity index (χ2n) is 4.45. The number of benzene rings is 1. The summed E-state index contributed by atoms with van der Waals surface area (Å²) < 4.78 is 13.1. The average Bonchev–Trinajstić information content (AvgIpc) is 3.15. The molecule has 102 valence electrons. The van der Waals surface area contributed by atoms with Crippen molar-refractivity contribution in [3.05, 3.63) is 34.1 Å². The van der Waals surface area contributed by atoms with E-state index in [0.717, 1.165) is 25.0 Å². The molecule has 0 spiro atoms. The van der Waals surface area contributed by atoms with Gasteiger partial charge < -0.3 is 10.6 Å². The normalized spacial score (nSPS) is 14.2. The third kappa shape index (κ3) is 3.99. The summed E-state index contributed by atoms with van der Waals surface area (Å²) in [5.41, 5.74) is -0.418. The number of amides is 1. The minimum atomic E-state index is -0.918. The number of halogens is 1. The van der Waals surface area contributed by atoms with Gasteiger partial charge in [0.15, 0.2) is 0 Å². The molecule has 19 heavy (non-hydrogen) atoms. The van der Waals surface area contributed by atoms with Gasteiger partial charge >= 0.3 is 5.69 Å². The van der Waals surface area contributed by atoms with Gasteiger partial charge in [-0.05, 0) is 25.0 Å². The van der Waals surface area contributed by atoms with E-state index in [1.54, 1.807) is 0 Å². The summed E-state index contributed by atoms with van der Waals surface area (Å²) in [6.45, 7) is 0.569. The van der Waals surface area contributed by atoms with E-state index in [9.17, 15) is 19.3 Å². The summed E-state index contributed by atoms with van der Waals surface area (Å²) in [5.74, 6) is -1.17. The van der Waals surface area contributed by atoms with Gasteiger partial charge in [-0.3, -0.25) is 14.9 Å². The van der Waals surface area contributed by atoms with Gasteiger partial charge in [-0.1, -0.05) is 0 Å². The van der Waals surface area contributed by atoms with Crippen LogP contribution in [0.15, 0.2) is 18.2 Å². The fourth-order valence-electron chi connectivity index (χ4n) is 1.63. The topological polar surface area (TPSA) is 84.3 Å². The molecule has 1 amide bonds. The zero-order valence-corrected chi connectivity index (χ0v) is 10.2. The summed E-state index contributed by atoms with van der Waals surface area (Å²) in [5, 5.41) is 16.2. The molecule has 0 bridgehead atoms. The third-order valence-electron chi connectivity index (χ3n) is 2.79. The maximum Gasteiger partial charge on any atom is 0.306 e. The molecule has 1 aliphatic carbocycles. The highest BCUT2D eigenvalue weighted by molar-refractivity contribution is 5.91. The molecule has 1 aliphatic rings. The lowest BCUT2D eigenvalue weighted by molar-refractivity contribution is -0.387. The van der Waals surface area contributed by atoms with E-state index in [1.165, 1.54) is 6.07 Å². The van der Waals surface area contributed by atoms with Crippen LogP contribution in [0.1, 0.15) is 19.3 Å². The van der Waals surface area contributed by atoms with Crippen LogP contribution in [0.3, 0.4) is 0 Å². The largest absolute Gasteiger partial charge is 0.326 e. The van der Waals surface area contributed by atoms with Crippen LogP contribution in [0, 0.1) is 15.9 Å². The molecule has 0 aromatic heterocycles. The van der Waals surface area contributed by atoms with Crippen molar-refractivity contribution in [2.24, 2.45) is 0 Å². The first-order chi connectivity index (χ1) is 9.06. The molecule has 0 saturated heterocycles. The van der Waals surface area contributed by atoms with E-state index < -0.39 is 16.4 Å². The van der Waals surface area contributed by atoms with Crippen molar-refractivity contribution in [1.82, 2.24) is 5.32 Å². The Morgan fingerprint density at radius 2 is 2.21 bits per heavy atom. The minimum absolute atomic E-state index is 0.226. The predicted octanol–water partition coefficient (Wildman–Crippen LogP) is 1.81. The highest BCUT2D eigenvalue weighted by atomic mass is 19.1. The Bertz CT molecular complexity index is 503. The monoisotopic (exact) mass is 267 g/mol. The molecule has 1 saturated carbocycles. The Kier molecular flexibility index (Phi) is 4.06. The van der Waals surface area contributed by atoms with Gasteiger partial charge in [0.05, 0.1) is 4.92 Å². The lowest BCUT2D eigenvalue weighted by Gasteiger charge is -2.06. The standard InChI is InChI=1S/C12H14FN3O3/c13-10-4-3-9(7-11(10)16(18)19)15-12(17)5-6-14-8-1-2-8/h3-4,7-8,14H,1-2,5-6H2,(H,15,17). The lowest BCUT2D eigenvalue weighted by Crippen LogP contribution is -2.23. The van der Waals surface area contributed by atoms with Crippen LogP contribution in [0.2, 0.25) is 0 Å². The van der Waals surface area contributed by atoms with Crippen LogP contribution >= 0.6 is 0 Å². The fourth-order valence-corrected chi connectivity index (χ4v) is 1.63. The van der Waals surface area contributed by atoms with Crippen LogP contribution in [-0.4, -0.2) is 23.4 Å². The van der Waals surface area contributed by atoms with Crippen LogP contribution in [0.25, 0.3) is 0 Å². The molecule has 0 radical (unpaired) electrons. The SMILES string of the molecule is O=C(CCNC1CC1)Nc1ccc(F)c([N+](=O)[O-])c1. The number of nitrogens with one attached hydrogen (secondary N) is 2. The second kappa shape index (κ2) is 5.75. The van der Waals surface area contributed by atoms with Crippen LogP contribution in [-0.2, 0) is 4.79 Å². The van der Waals surface area contributed by atoms with Gasteiger partial charge in [-0.25, -0.2) is 0 Å². The lowest BCUT2D eigenvalue weighted by atomic mass is 10.2. The third-order valence-corrected chi connectivity index (χ3v) is 2.79. The summed E-state index contributed by atoms with van der Waals surface area (Å²) >= 11 is 0. The summed E-state index contributed by atoms with van der Waals surface area (Å²) in [6, 6.07) is 3.81. The van der Waals surface area contributed by atoms with Crippen LogP contribution in [0.4, 0.5) is 15.8 Å². The predicted molar refractivity (Wildman–Crippen MR) is 67.3 cm³/mol. The summed E-state index contributed by atoms with van der Waals surface area (Å²) in [6.07, 6.45) is 2.57. The smallest absolute Gasteiger partial charge is 0.306 e. The van der Waals surface area contributed by atoms with Gasteiger partial charge in [0, 0.05) is 30.8 Å². The molecule has 1 fully saturated rings. The van der Waals surface area contributed by atoms with E-state index in [1.807, 2.05) is 0 Å². The first-order valence-corrected chi connectivity index (χ1v) is 6.03. The molecule has 6 nitrogen and oxygen atoms in total. The van der Waals surface area contributed by atoms with Crippen molar-refractivity contribution in [2.45, 2.75) is 25.3 Å². The van der Waals surface area contributed by atoms with E-state index in [-0.39, 0.29) is 18.0 Å². The number of nitrogens with zero attached hydrogens (tertiary/aromatic N) is 1. The second-order valence-corrected chi connectivity index (χ2v) is 4.45. The highest BCUT2D eigenvalue weighted by Gasteiger charge is 2.20. The van der Waals surface area contributed by atoms with Crippen LogP contribution < -0.4 is 10.6 Å². The molecule has 2 rings (SSSR count). The number of hydrogen-bond acceptors (Lipinski definition) is 4. The quantitative estimate of drug-likeness (QED) is 0.608. The van der Waals surface area contributed by atoms with Crippen molar-refractivity contribution >= 4 is 17.3 Å². The molecular formula is C12H14FN3O3. The fraction of sp³-hybridized carbons (Fsp3) is 0.417. The maximum atomic E-state index is 13.1. The molecule has 2 N–H and O–H groups in total. The van der Waals surface area contributed by atoms with Crippen molar-refractivity contribution < 1.29 is 14.1 Å². The maximum absolute atomic E-state index is 13.1. The number of carbonyl (C=O) groups is 1. The van der Waals surface area contributed by atoms with Crippen molar-refractivity contribution in [3.8, 4) is 0 Å². The molecule has 1 aromatic rings. The molecule has 7 heteroatoms. The molecule has 0 heterocycles. The van der Waals surface area contributed by atoms with Crippen molar-refractivity contribution in [2.75, 3.05) is 11.9 Å². The first-order valence-electron chi connectivity index (χ1n) is 6.03. The van der Waals surface area contributed by atoms with Crippen molar-refractivity contribution in [1.29, 1.82) is 0 Å². The van der Waals surface area contributed by atoms with E-state index in [4.69, 9.17) is 0 Å². The van der Waals surface area contributed by atoms with Crippen LogP contribution in [0.5, 0.6) is 0 Å². The van der Waals surface area contributed by atoms with Gasteiger partial charge in [0.2, 0.25) is 11.7 Å². The summed E-state index contributed by atoms with van der Waals surface area (Å²) in [7, 11) is 0.